The molecule has 3 aromatic rings. The molecule has 102 valence electrons. The van der Waals surface area contributed by atoms with Gasteiger partial charge in [0, 0.05) is 6.20 Å². The van der Waals surface area contributed by atoms with Crippen LogP contribution >= 0.6 is 34.8 Å². The van der Waals surface area contributed by atoms with E-state index < -0.39 is 5.82 Å². The number of halogens is 4. The van der Waals surface area contributed by atoms with Crippen LogP contribution < -0.4 is 0 Å². The molecule has 0 saturated carbocycles. The van der Waals surface area contributed by atoms with E-state index in [4.69, 9.17) is 34.8 Å². The van der Waals surface area contributed by atoms with E-state index in [1.54, 1.807) is 16.7 Å². The van der Waals surface area contributed by atoms with Crippen LogP contribution in [-0.4, -0.2) is 14.5 Å². The van der Waals surface area contributed by atoms with Crippen molar-refractivity contribution in [2.45, 2.75) is 5.88 Å². The Bertz CT molecular complexity index is 801. The van der Waals surface area contributed by atoms with Crippen LogP contribution in [0.25, 0.3) is 16.9 Å². The lowest BCUT2D eigenvalue weighted by Gasteiger charge is -2.09. The van der Waals surface area contributed by atoms with Crippen molar-refractivity contribution in [1.82, 2.24) is 14.5 Å². The largest absolute Gasteiger partial charge is 0.278 e. The number of benzene rings is 1. The van der Waals surface area contributed by atoms with E-state index in [1.807, 2.05) is 0 Å². The maximum Gasteiger partial charge on any atom is 0.164 e. The van der Waals surface area contributed by atoms with Crippen molar-refractivity contribution in [1.29, 1.82) is 0 Å². The van der Waals surface area contributed by atoms with Crippen molar-refractivity contribution in [3.63, 3.8) is 0 Å². The number of aromatic nitrogens is 3. The Hall–Kier alpha value is -1.36. The molecule has 0 radical (unpaired) electrons. The molecule has 0 bridgehead atoms. The van der Waals surface area contributed by atoms with Crippen LogP contribution in [0.2, 0.25) is 10.0 Å². The fourth-order valence-corrected chi connectivity index (χ4v) is 2.58. The molecule has 0 amide bonds. The number of alkyl halides is 1. The van der Waals surface area contributed by atoms with Crippen molar-refractivity contribution in [2.24, 2.45) is 0 Å². The van der Waals surface area contributed by atoms with Gasteiger partial charge in [-0.1, -0.05) is 23.2 Å². The second-order valence-electron chi connectivity index (χ2n) is 4.09. The van der Waals surface area contributed by atoms with Gasteiger partial charge in [0.2, 0.25) is 0 Å². The van der Waals surface area contributed by atoms with Gasteiger partial charge in [-0.3, -0.25) is 4.57 Å². The molecule has 0 aliphatic rings. The quantitative estimate of drug-likeness (QED) is 0.643. The van der Waals surface area contributed by atoms with Gasteiger partial charge in [-0.05, 0) is 24.3 Å². The smallest absolute Gasteiger partial charge is 0.164 e. The molecular formula is C13H7Cl3FN3. The average molecular weight is 331 g/mol. The molecule has 0 aliphatic carbocycles. The van der Waals surface area contributed by atoms with E-state index in [1.165, 1.54) is 18.3 Å². The zero-order chi connectivity index (χ0) is 14.3. The van der Waals surface area contributed by atoms with Crippen LogP contribution in [0.4, 0.5) is 4.39 Å². The standard InChI is InChI=1S/C13H7Cl3FN3/c14-5-12-19-10-3-7(15)6-18-13(10)20(12)11-2-1-8(17)4-9(11)16/h1-4,6H,5H2. The van der Waals surface area contributed by atoms with Crippen LogP contribution in [0.3, 0.4) is 0 Å². The fraction of sp³-hybridized carbons (Fsp3) is 0.0769. The summed E-state index contributed by atoms with van der Waals surface area (Å²) in [6, 6.07) is 5.80. The number of imidazole rings is 1. The molecule has 2 heterocycles. The van der Waals surface area contributed by atoms with E-state index in [9.17, 15) is 4.39 Å². The highest BCUT2D eigenvalue weighted by Crippen LogP contribution is 2.28. The van der Waals surface area contributed by atoms with E-state index in [2.05, 4.69) is 9.97 Å². The molecule has 20 heavy (non-hydrogen) atoms. The summed E-state index contributed by atoms with van der Waals surface area (Å²) in [5.74, 6) is 0.318. The first kappa shape index (κ1) is 13.6. The third-order valence-corrected chi connectivity index (χ3v) is 3.55. The van der Waals surface area contributed by atoms with E-state index >= 15 is 0 Å². The molecule has 0 unspecified atom stereocenters. The van der Waals surface area contributed by atoms with Crippen LogP contribution in [0.15, 0.2) is 30.5 Å². The van der Waals surface area contributed by atoms with Gasteiger partial charge in [0.25, 0.3) is 0 Å². The summed E-state index contributed by atoms with van der Waals surface area (Å²) in [4.78, 5) is 8.61. The van der Waals surface area contributed by atoms with Gasteiger partial charge in [-0.15, -0.1) is 11.6 Å². The molecule has 0 saturated heterocycles. The van der Waals surface area contributed by atoms with Crippen LogP contribution in [-0.2, 0) is 5.88 Å². The molecule has 3 rings (SSSR count). The Morgan fingerprint density at radius 2 is 2.00 bits per heavy atom. The summed E-state index contributed by atoms with van der Waals surface area (Å²) in [6.07, 6.45) is 1.51. The first-order chi connectivity index (χ1) is 9.60. The highest BCUT2D eigenvalue weighted by atomic mass is 35.5. The number of pyridine rings is 1. The normalized spacial score (nSPS) is 11.2. The van der Waals surface area contributed by atoms with Gasteiger partial charge in [0.15, 0.2) is 5.65 Å². The second kappa shape index (κ2) is 5.20. The minimum Gasteiger partial charge on any atom is -0.278 e. The Balaban J connectivity index is 2.34. The third kappa shape index (κ3) is 2.24. The third-order valence-electron chi connectivity index (χ3n) is 2.80. The summed E-state index contributed by atoms with van der Waals surface area (Å²) in [6.45, 7) is 0. The topological polar surface area (TPSA) is 30.7 Å². The Labute approximate surface area is 128 Å². The van der Waals surface area contributed by atoms with Crippen molar-refractivity contribution in [3.8, 4) is 5.69 Å². The van der Waals surface area contributed by atoms with Gasteiger partial charge in [0.05, 0.1) is 21.6 Å². The minimum absolute atomic E-state index is 0.168. The van der Waals surface area contributed by atoms with Crippen LogP contribution in [0.5, 0.6) is 0 Å². The zero-order valence-electron chi connectivity index (χ0n) is 9.95. The molecule has 0 aliphatic heterocycles. The molecule has 3 nitrogen and oxygen atoms in total. The van der Waals surface area contributed by atoms with E-state index in [-0.39, 0.29) is 10.9 Å². The summed E-state index contributed by atoms with van der Waals surface area (Å²) < 4.78 is 14.9. The van der Waals surface area contributed by atoms with Crippen LogP contribution in [0, 0.1) is 5.82 Å². The Morgan fingerprint density at radius 1 is 1.20 bits per heavy atom. The van der Waals surface area contributed by atoms with Gasteiger partial charge in [0.1, 0.15) is 17.2 Å². The molecule has 0 spiro atoms. The highest BCUT2D eigenvalue weighted by molar-refractivity contribution is 6.32. The Morgan fingerprint density at radius 3 is 2.70 bits per heavy atom. The van der Waals surface area contributed by atoms with Gasteiger partial charge in [-0.2, -0.15) is 0 Å². The van der Waals surface area contributed by atoms with Gasteiger partial charge in [-0.25, -0.2) is 14.4 Å². The minimum atomic E-state index is -0.411. The fourth-order valence-electron chi connectivity index (χ4n) is 1.99. The number of rotatable bonds is 2. The number of nitrogens with zero attached hydrogens (tertiary/aromatic N) is 3. The highest BCUT2D eigenvalue weighted by Gasteiger charge is 2.15. The molecular weight excluding hydrogens is 324 g/mol. The first-order valence-electron chi connectivity index (χ1n) is 5.64. The summed E-state index contributed by atoms with van der Waals surface area (Å²) in [5.41, 5.74) is 1.74. The lowest BCUT2D eigenvalue weighted by molar-refractivity contribution is 0.627. The molecule has 2 aromatic heterocycles. The SMILES string of the molecule is Fc1ccc(-n2c(CCl)nc3cc(Cl)cnc32)c(Cl)c1. The molecule has 7 heteroatoms. The lowest BCUT2D eigenvalue weighted by atomic mass is 10.3. The van der Waals surface area contributed by atoms with Crippen LogP contribution in [0.1, 0.15) is 5.82 Å². The van der Waals surface area contributed by atoms with Crippen molar-refractivity contribution in [3.05, 3.63) is 52.1 Å². The zero-order valence-corrected chi connectivity index (χ0v) is 12.2. The van der Waals surface area contributed by atoms with Gasteiger partial charge >= 0.3 is 0 Å². The maximum absolute atomic E-state index is 13.2. The van der Waals surface area contributed by atoms with E-state index in [0.29, 0.717) is 27.7 Å². The molecule has 0 fully saturated rings. The predicted molar refractivity (Wildman–Crippen MR) is 78.4 cm³/mol. The number of fused-ring (bicyclic) bond motifs is 1. The number of hydrogen-bond donors (Lipinski definition) is 0. The van der Waals surface area contributed by atoms with Crippen molar-refractivity contribution in [2.75, 3.05) is 0 Å². The van der Waals surface area contributed by atoms with Crippen molar-refractivity contribution < 1.29 is 4.39 Å². The first-order valence-corrected chi connectivity index (χ1v) is 6.93. The molecule has 0 N–H and O–H groups in total. The summed E-state index contributed by atoms with van der Waals surface area (Å²) >= 11 is 17.9. The summed E-state index contributed by atoms with van der Waals surface area (Å²) in [7, 11) is 0. The Kier molecular flexibility index (Phi) is 3.54. The maximum atomic E-state index is 13.2. The second-order valence-corrected chi connectivity index (χ2v) is 5.20. The monoisotopic (exact) mass is 329 g/mol. The summed E-state index contributed by atoms with van der Waals surface area (Å²) in [5, 5.41) is 0.737. The predicted octanol–water partition coefficient (Wildman–Crippen LogP) is 4.61. The molecule has 1 aromatic carbocycles. The van der Waals surface area contributed by atoms with Crippen molar-refractivity contribution >= 4 is 46.0 Å². The average Bonchev–Trinajstić information content (AvgIpc) is 2.76. The number of hydrogen-bond acceptors (Lipinski definition) is 2. The van der Waals surface area contributed by atoms with Gasteiger partial charge < -0.3 is 0 Å². The lowest BCUT2D eigenvalue weighted by Crippen LogP contribution is -2.01. The van der Waals surface area contributed by atoms with E-state index in [0.717, 1.165) is 0 Å². The molecule has 0 atom stereocenters.